The van der Waals surface area contributed by atoms with E-state index in [0.717, 1.165) is 4.90 Å². The molecule has 110 valence electrons. The van der Waals surface area contributed by atoms with E-state index < -0.39 is 24.0 Å². The molecule has 3 aliphatic rings. The van der Waals surface area contributed by atoms with E-state index in [1.807, 2.05) is 0 Å². The molecule has 1 aromatic carbocycles. The van der Waals surface area contributed by atoms with Crippen LogP contribution in [0.25, 0.3) is 0 Å². The summed E-state index contributed by atoms with van der Waals surface area (Å²) in [5, 5.41) is 29.8. The largest absolute Gasteiger partial charge is 0.506 e. The summed E-state index contributed by atoms with van der Waals surface area (Å²) < 4.78 is 0. The molecular formula is C15H15NO5. The van der Waals surface area contributed by atoms with Crippen molar-refractivity contribution in [2.75, 3.05) is 4.90 Å². The number of aliphatic hydroxyl groups is 2. The van der Waals surface area contributed by atoms with Crippen LogP contribution >= 0.6 is 0 Å². The Morgan fingerprint density at radius 2 is 1.48 bits per heavy atom. The summed E-state index contributed by atoms with van der Waals surface area (Å²) in [6, 6.07) is 6.19. The van der Waals surface area contributed by atoms with Gasteiger partial charge in [-0.05, 0) is 18.6 Å². The van der Waals surface area contributed by atoms with Gasteiger partial charge < -0.3 is 15.3 Å². The molecule has 0 radical (unpaired) electrons. The van der Waals surface area contributed by atoms with Crippen molar-refractivity contribution in [3.63, 3.8) is 0 Å². The monoisotopic (exact) mass is 289 g/mol. The van der Waals surface area contributed by atoms with E-state index in [-0.39, 0.29) is 35.1 Å². The molecule has 21 heavy (non-hydrogen) atoms. The molecule has 4 rings (SSSR count). The lowest BCUT2D eigenvalue weighted by atomic mass is 9.78. The molecule has 1 heterocycles. The van der Waals surface area contributed by atoms with Gasteiger partial charge in [-0.25, -0.2) is 4.90 Å². The van der Waals surface area contributed by atoms with Crippen LogP contribution in [0.5, 0.6) is 5.75 Å². The zero-order valence-corrected chi connectivity index (χ0v) is 11.1. The third-order valence-corrected chi connectivity index (χ3v) is 5.21. The number of phenols is 1. The van der Waals surface area contributed by atoms with Gasteiger partial charge in [-0.1, -0.05) is 12.1 Å². The Morgan fingerprint density at radius 1 is 0.952 bits per heavy atom. The number of carbonyl (C=O) groups is 2. The summed E-state index contributed by atoms with van der Waals surface area (Å²) in [6.45, 7) is 0. The molecule has 2 amide bonds. The Labute approximate surface area is 120 Å². The van der Waals surface area contributed by atoms with Crippen LogP contribution in [0.1, 0.15) is 6.42 Å². The van der Waals surface area contributed by atoms with Gasteiger partial charge in [0.1, 0.15) is 5.75 Å². The van der Waals surface area contributed by atoms with E-state index in [2.05, 4.69) is 0 Å². The fraction of sp³-hybridized carbons (Fsp3) is 0.467. The minimum atomic E-state index is -0.947. The number of nitrogens with zero attached hydrogens (tertiary/aromatic N) is 1. The van der Waals surface area contributed by atoms with Gasteiger partial charge in [0.2, 0.25) is 11.8 Å². The van der Waals surface area contributed by atoms with Crippen molar-refractivity contribution in [2.45, 2.75) is 18.6 Å². The molecule has 2 saturated carbocycles. The summed E-state index contributed by atoms with van der Waals surface area (Å²) in [5.74, 6) is -2.81. The summed E-state index contributed by atoms with van der Waals surface area (Å²) in [6.07, 6.45) is -1.39. The zero-order valence-electron chi connectivity index (χ0n) is 11.1. The minimum Gasteiger partial charge on any atom is -0.506 e. The second-order valence-electron chi connectivity index (χ2n) is 6.10. The number of rotatable bonds is 1. The average Bonchev–Trinajstić information content (AvgIpc) is 3.06. The van der Waals surface area contributed by atoms with Crippen molar-refractivity contribution >= 4 is 17.5 Å². The van der Waals surface area contributed by atoms with Crippen LogP contribution in [0.15, 0.2) is 24.3 Å². The van der Waals surface area contributed by atoms with E-state index in [0.29, 0.717) is 6.42 Å². The standard InChI is InChI=1S/C15H15NO5/c17-9-4-2-1-3-8(9)16-14(20)10-6-5-7(11(10)15(16)21)13(19)12(6)18/h1-4,6-7,10-13,17-19H,5H2/t6-,7+,10+,11-,12-,13-/m0/s1. The van der Waals surface area contributed by atoms with Gasteiger partial charge in [-0.3, -0.25) is 9.59 Å². The van der Waals surface area contributed by atoms with Crippen LogP contribution in [0, 0.1) is 23.7 Å². The summed E-state index contributed by atoms with van der Waals surface area (Å²) in [5.41, 5.74) is 0.172. The van der Waals surface area contributed by atoms with Crippen molar-refractivity contribution in [2.24, 2.45) is 23.7 Å². The molecule has 0 aromatic heterocycles. The van der Waals surface area contributed by atoms with Crippen LogP contribution in [0.3, 0.4) is 0 Å². The van der Waals surface area contributed by atoms with Gasteiger partial charge in [-0.2, -0.15) is 0 Å². The Bertz CT molecular complexity index is 613. The van der Waals surface area contributed by atoms with Gasteiger partial charge >= 0.3 is 0 Å². The van der Waals surface area contributed by atoms with E-state index in [1.54, 1.807) is 12.1 Å². The number of fused-ring (bicyclic) bond motifs is 5. The van der Waals surface area contributed by atoms with Crippen molar-refractivity contribution in [1.82, 2.24) is 0 Å². The first kappa shape index (κ1) is 12.8. The Kier molecular flexibility index (Phi) is 2.47. The van der Waals surface area contributed by atoms with Crippen molar-refractivity contribution in [1.29, 1.82) is 0 Å². The van der Waals surface area contributed by atoms with Crippen LogP contribution in [-0.4, -0.2) is 39.3 Å². The number of anilines is 1. The highest BCUT2D eigenvalue weighted by Gasteiger charge is 2.67. The average molecular weight is 289 g/mol. The Balaban J connectivity index is 1.77. The molecule has 3 N–H and O–H groups in total. The third kappa shape index (κ3) is 1.43. The van der Waals surface area contributed by atoms with Crippen LogP contribution in [-0.2, 0) is 9.59 Å². The van der Waals surface area contributed by atoms with Crippen LogP contribution < -0.4 is 4.90 Å². The highest BCUT2D eigenvalue weighted by molar-refractivity contribution is 6.23. The lowest BCUT2D eigenvalue weighted by Gasteiger charge is -2.29. The highest BCUT2D eigenvalue weighted by Crippen LogP contribution is 2.57. The molecule has 6 nitrogen and oxygen atoms in total. The van der Waals surface area contributed by atoms with Gasteiger partial charge in [0.15, 0.2) is 0 Å². The minimum absolute atomic E-state index is 0.132. The van der Waals surface area contributed by atoms with Crippen molar-refractivity contribution in [3.8, 4) is 5.75 Å². The number of benzene rings is 1. The number of amides is 2. The molecule has 0 unspecified atom stereocenters. The fourth-order valence-electron chi connectivity index (χ4n) is 4.32. The van der Waals surface area contributed by atoms with E-state index in [9.17, 15) is 24.9 Å². The van der Waals surface area contributed by atoms with Gasteiger partial charge in [0, 0.05) is 11.8 Å². The number of aromatic hydroxyl groups is 1. The van der Waals surface area contributed by atoms with Crippen molar-refractivity contribution in [3.05, 3.63) is 24.3 Å². The molecule has 1 aromatic rings. The maximum absolute atomic E-state index is 12.6. The summed E-state index contributed by atoms with van der Waals surface area (Å²) in [7, 11) is 0. The Hall–Kier alpha value is -1.92. The predicted octanol–water partition coefficient (Wildman–Crippen LogP) is -0.131. The van der Waals surface area contributed by atoms with Crippen molar-refractivity contribution < 1.29 is 24.9 Å². The number of imide groups is 1. The van der Waals surface area contributed by atoms with Gasteiger partial charge in [0.05, 0.1) is 29.7 Å². The molecular weight excluding hydrogens is 274 g/mol. The van der Waals surface area contributed by atoms with E-state index in [1.165, 1.54) is 12.1 Å². The molecule has 1 aliphatic heterocycles. The third-order valence-electron chi connectivity index (χ3n) is 5.21. The first-order valence-electron chi connectivity index (χ1n) is 7.04. The van der Waals surface area contributed by atoms with Crippen LogP contribution in [0.4, 0.5) is 5.69 Å². The fourth-order valence-corrected chi connectivity index (χ4v) is 4.32. The summed E-state index contributed by atoms with van der Waals surface area (Å²) >= 11 is 0. The molecule has 2 bridgehead atoms. The second kappa shape index (κ2) is 4.05. The lowest BCUT2D eigenvalue weighted by molar-refractivity contribution is -0.129. The lowest BCUT2D eigenvalue weighted by Crippen LogP contribution is -2.43. The van der Waals surface area contributed by atoms with Gasteiger partial charge in [-0.15, -0.1) is 0 Å². The smallest absolute Gasteiger partial charge is 0.238 e. The molecule has 2 aliphatic carbocycles. The SMILES string of the molecule is O=C1[C@@H]2[C@@H]3C[C@@H]([C@H](O)[C@H]3O)[C@@H]2C(=O)N1c1ccccc1O. The number of para-hydroxylation sites is 2. The van der Waals surface area contributed by atoms with Gasteiger partial charge in [0.25, 0.3) is 0 Å². The zero-order chi connectivity index (χ0) is 14.9. The number of phenolic OH excluding ortho intramolecular Hbond substituents is 1. The van der Waals surface area contributed by atoms with E-state index >= 15 is 0 Å². The predicted molar refractivity (Wildman–Crippen MR) is 71.2 cm³/mol. The van der Waals surface area contributed by atoms with Crippen LogP contribution in [0.2, 0.25) is 0 Å². The Morgan fingerprint density at radius 3 is 2.00 bits per heavy atom. The molecule has 6 heteroatoms. The first-order chi connectivity index (χ1) is 10.0. The maximum atomic E-state index is 12.6. The normalized spacial score (nSPS) is 41.0. The first-order valence-corrected chi connectivity index (χ1v) is 7.04. The maximum Gasteiger partial charge on any atom is 0.238 e. The second-order valence-corrected chi connectivity index (χ2v) is 6.10. The topological polar surface area (TPSA) is 98.1 Å². The molecule has 0 spiro atoms. The highest BCUT2D eigenvalue weighted by atomic mass is 16.3. The quantitative estimate of drug-likeness (QED) is 0.626. The summed E-state index contributed by atoms with van der Waals surface area (Å²) in [4.78, 5) is 26.2. The number of aliphatic hydroxyl groups excluding tert-OH is 2. The molecule has 3 fully saturated rings. The number of hydrogen-bond donors (Lipinski definition) is 3. The number of hydrogen-bond acceptors (Lipinski definition) is 5. The molecule has 1 saturated heterocycles. The number of carbonyl (C=O) groups excluding carboxylic acids is 2. The van der Waals surface area contributed by atoms with E-state index in [4.69, 9.17) is 0 Å². The molecule has 6 atom stereocenters.